The van der Waals surface area contributed by atoms with Crippen LogP contribution in [0, 0.1) is 0 Å². The van der Waals surface area contributed by atoms with Crippen LogP contribution in [0.3, 0.4) is 0 Å². The molecule has 0 bridgehead atoms. The molecule has 9 heteroatoms. The van der Waals surface area contributed by atoms with Crippen LogP contribution >= 0.6 is 0 Å². The zero-order valence-corrected chi connectivity index (χ0v) is 16.0. The molecule has 0 aliphatic heterocycles. The lowest BCUT2D eigenvalue weighted by Gasteiger charge is -2.14. The van der Waals surface area contributed by atoms with E-state index in [0.29, 0.717) is 5.56 Å². The molecule has 6 nitrogen and oxygen atoms in total. The van der Waals surface area contributed by atoms with Crippen LogP contribution in [-0.4, -0.2) is 27.9 Å². The Morgan fingerprint density at radius 1 is 1.10 bits per heavy atom. The third-order valence-corrected chi connectivity index (χ3v) is 4.62. The number of amides is 1. The number of Topliss-reactive ketones (excluding diaryl/α,β-unsaturated/α-hetero) is 1. The van der Waals surface area contributed by atoms with E-state index >= 15 is 0 Å². The number of nitrogens with one attached hydrogen (secondary N) is 1. The summed E-state index contributed by atoms with van der Waals surface area (Å²) in [4.78, 5) is 36.0. The molecule has 0 radical (unpaired) electrons. The van der Waals surface area contributed by atoms with E-state index in [1.54, 1.807) is 0 Å². The van der Waals surface area contributed by atoms with Gasteiger partial charge < -0.3 is 15.0 Å². The first-order valence-corrected chi connectivity index (χ1v) is 8.81. The SMILES string of the molecule is CC(=O)CNC(=O)c1c(O)c2cc(-c3cccc(C(F)(F)F)c3)ccc2n(C)c1=O. The number of rotatable bonds is 4. The molecule has 2 aromatic carbocycles. The number of benzene rings is 2. The average molecular weight is 418 g/mol. The van der Waals surface area contributed by atoms with Gasteiger partial charge in [-0.25, -0.2) is 0 Å². The van der Waals surface area contributed by atoms with Crippen LogP contribution in [0.2, 0.25) is 0 Å². The Hall–Kier alpha value is -3.62. The molecule has 0 aliphatic rings. The number of halogens is 3. The highest BCUT2D eigenvalue weighted by atomic mass is 19.4. The molecule has 2 N–H and O–H groups in total. The summed E-state index contributed by atoms with van der Waals surface area (Å²) in [6.07, 6.45) is -4.51. The van der Waals surface area contributed by atoms with Gasteiger partial charge in [-0.1, -0.05) is 18.2 Å². The Morgan fingerprint density at radius 3 is 2.40 bits per heavy atom. The maximum Gasteiger partial charge on any atom is 0.416 e. The summed E-state index contributed by atoms with van der Waals surface area (Å²) in [5.74, 6) is -1.87. The molecule has 30 heavy (non-hydrogen) atoms. The molecule has 0 spiro atoms. The van der Waals surface area contributed by atoms with Crippen molar-refractivity contribution in [2.45, 2.75) is 13.1 Å². The van der Waals surface area contributed by atoms with Gasteiger partial charge in [0.05, 0.1) is 17.6 Å². The molecule has 3 rings (SSSR count). The van der Waals surface area contributed by atoms with Crippen LogP contribution in [0.15, 0.2) is 47.3 Å². The maximum absolute atomic E-state index is 13.0. The number of nitrogens with zero attached hydrogens (tertiary/aromatic N) is 1. The van der Waals surface area contributed by atoms with Crippen LogP contribution in [0.25, 0.3) is 22.0 Å². The number of aryl methyl sites for hydroxylation is 1. The van der Waals surface area contributed by atoms with E-state index in [4.69, 9.17) is 0 Å². The highest BCUT2D eigenvalue weighted by Gasteiger charge is 2.30. The van der Waals surface area contributed by atoms with E-state index in [0.717, 1.165) is 16.7 Å². The van der Waals surface area contributed by atoms with Gasteiger partial charge >= 0.3 is 6.18 Å². The Labute approximate surface area is 168 Å². The standard InChI is InChI=1S/C21H17F3N2O4/c1-11(27)10-25-19(29)17-18(28)15-9-13(6-7-16(15)26(2)20(17)30)12-4-3-5-14(8-12)21(22,23)24/h3-9,28H,10H2,1-2H3,(H,25,29). The number of hydrogen-bond acceptors (Lipinski definition) is 4. The predicted octanol–water partition coefficient (Wildman–Crippen LogP) is 3.25. The summed E-state index contributed by atoms with van der Waals surface area (Å²) in [5.41, 5.74) is -1.24. The molecular formula is C21H17F3N2O4. The first kappa shape index (κ1) is 21.1. The summed E-state index contributed by atoms with van der Waals surface area (Å²) in [5, 5.41) is 13.0. The minimum Gasteiger partial charge on any atom is -0.506 e. The largest absolute Gasteiger partial charge is 0.506 e. The fourth-order valence-corrected chi connectivity index (χ4v) is 3.08. The van der Waals surface area contributed by atoms with Crippen LogP contribution in [0.1, 0.15) is 22.8 Å². The summed E-state index contributed by atoms with van der Waals surface area (Å²) in [6.45, 7) is 0.934. The zero-order chi connectivity index (χ0) is 22.2. The molecule has 3 aromatic rings. The lowest BCUT2D eigenvalue weighted by atomic mass is 9.99. The molecular weight excluding hydrogens is 401 g/mol. The number of fused-ring (bicyclic) bond motifs is 1. The number of aromatic nitrogens is 1. The second kappa shape index (κ2) is 7.66. The van der Waals surface area contributed by atoms with Crippen molar-refractivity contribution in [3.05, 3.63) is 63.9 Å². The highest BCUT2D eigenvalue weighted by Crippen LogP contribution is 2.34. The predicted molar refractivity (Wildman–Crippen MR) is 104 cm³/mol. The minimum atomic E-state index is -4.51. The van der Waals surface area contributed by atoms with Gasteiger partial charge in [-0.05, 0) is 42.3 Å². The minimum absolute atomic E-state index is 0.111. The van der Waals surface area contributed by atoms with E-state index in [-0.39, 0.29) is 28.8 Å². The molecule has 156 valence electrons. The lowest BCUT2D eigenvalue weighted by molar-refractivity contribution is -0.137. The van der Waals surface area contributed by atoms with E-state index in [1.807, 2.05) is 0 Å². The third-order valence-electron chi connectivity index (χ3n) is 4.62. The third kappa shape index (κ3) is 3.91. The van der Waals surface area contributed by atoms with Crippen molar-refractivity contribution < 1.29 is 27.9 Å². The fraction of sp³-hybridized carbons (Fsp3) is 0.190. The molecule has 0 fully saturated rings. The number of carbonyl (C=O) groups excluding carboxylic acids is 2. The van der Waals surface area contributed by atoms with Crippen LogP contribution in [0.4, 0.5) is 13.2 Å². The van der Waals surface area contributed by atoms with Gasteiger partial charge in [-0.3, -0.25) is 14.4 Å². The Kier molecular flexibility index (Phi) is 5.39. The summed E-state index contributed by atoms with van der Waals surface area (Å²) < 4.78 is 40.2. The van der Waals surface area contributed by atoms with Gasteiger partial charge in [0.15, 0.2) is 0 Å². The normalized spacial score (nSPS) is 11.5. The van der Waals surface area contributed by atoms with Gasteiger partial charge in [0.2, 0.25) is 0 Å². The molecule has 1 amide bonds. The van der Waals surface area contributed by atoms with Gasteiger partial charge in [0.25, 0.3) is 11.5 Å². The maximum atomic E-state index is 13.0. The molecule has 0 aliphatic carbocycles. The Morgan fingerprint density at radius 2 is 1.77 bits per heavy atom. The fourth-order valence-electron chi connectivity index (χ4n) is 3.08. The molecule has 0 unspecified atom stereocenters. The molecule has 0 saturated carbocycles. The Balaban J connectivity index is 2.18. The Bertz CT molecular complexity index is 1230. The molecule has 0 atom stereocenters. The molecule has 1 heterocycles. The van der Waals surface area contributed by atoms with E-state index in [1.165, 1.54) is 44.3 Å². The van der Waals surface area contributed by atoms with E-state index in [9.17, 15) is 32.7 Å². The summed E-state index contributed by atoms with van der Waals surface area (Å²) in [7, 11) is 1.40. The second-order valence-electron chi connectivity index (χ2n) is 6.78. The number of hydrogen-bond donors (Lipinski definition) is 2. The monoisotopic (exact) mass is 418 g/mol. The molecule has 1 aromatic heterocycles. The van der Waals surface area contributed by atoms with Crippen molar-refractivity contribution in [3.8, 4) is 16.9 Å². The van der Waals surface area contributed by atoms with Crippen LogP contribution in [-0.2, 0) is 18.0 Å². The lowest BCUT2D eigenvalue weighted by Crippen LogP contribution is -2.34. The summed E-state index contributed by atoms with van der Waals surface area (Å²) >= 11 is 0. The van der Waals surface area contributed by atoms with Crippen molar-refractivity contribution in [2.75, 3.05) is 6.54 Å². The number of pyridine rings is 1. The van der Waals surface area contributed by atoms with Crippen molar-refractivity contribution in [3.63, 3.8) is 0 Å². The van der Waals surface area contributed by atoms with Crippen LogP contribution < -0.4 is 10.9 Å². The van der Waals surface area contributed by atoms with Gasteiger partial charge in [0.1, 0.15) is 17.1 Å². The van der Waals surface area contributed by atoms with Gasteiger partial charge in [0, 0.05) is 12.4 Å². The van der Waals surface area contributed by atoms with Crippen molar-refractivity contribution in [1.29, 1.82) is 0 Å². The zero-order valence-electron chi connectivity index (χ0n) is 16.0. The second-order valence-corrected chi connectivity index (χ2v) is 6.78. The van der Waals surface area contributed by atoms with Gasteiger partial charge in [-0.15, -0.1) is 0 Å². The number of ketones is 1. The van der Waals surface area contributed by atoms with Crippen molar-refractivity contribution in [1.82, 2.24) is 9.88 Å². The first-order valence-electron chi connectivity index (χ1n) is 8.81. The van der Waals surface area contributed by atoms with E-state index in [2.05, 4.69) is 5.32 Å². The topological polar surface area (TPSA) is 88.4 Å². The number of carbonyl (C=O) groups is 2. The van der Waals surface area contributed by atoms with Crippen molar-refractivity contribution in [2.24, 2.45) is 7.05 Å². The number of alkyl halides is 3. The van der Waals surface area contributed by atoms with Crippen molar-refractivity contribution >= 4 is 22.6 Å². The first-order chi connectivity index (χ1) is 14.0. The number of aromatic hydroxyl groups is 1. The smallest absolute Gasteiger partial charge is 0.416 e. The van der Waals surface area contributed by atoms with E-state index < -0.39 is 34.5 Å². The average Bonchev–Trinajstić information content (AvgIpc) is 2.70. The van der Waals surface area contributed by atoms with Gasteiger partial charge in [-0.2, -0.15) is 13.2 Å². The van der Waals surface area contributed by atoms with Crippen LogP contribution in [0.5, 0.6) is 5.75 Å². The molecule has 0 saturated heterocycles. The summed E-state index contributed by atoms with van der Waals surface area (Å²) in [6, 6.07) is 9.07. The quantitative estimate of drug-likeness (QED) is 0.681. The highest BCUT2D eigenvalue weighted by molar-refractivity contribution is 6.04.